The number of nitrogen functional groups attached to an aromatic ring is 1. The van der Waals surface area contributed by atoms with E-state index in [0.717, 1.165) is 14.8 Å². The fraction of sp³-hybridized carbons (Fsp3) is 0.267. The monoisotopic (exact) mass is 443 g/mol. The Morgan fingerprint density at radius 3 is 2.79 bits per heavy atom. The molecule has 1 heterocycles. The number of nitrogens with zero attached hydrogens (tertiary/aromatic N) is 3. The van der Waals surface area contributed by atoms with Crippen LogP contribution in [0.4, 0.5) is 5.95 Å². The molecule has 1 aromatic carbocycles. The van der Waals surface area contributed by atoms with Crippen LogP contribution in [0, 0.1) is 10.5 Å². The highest BCUT2D eigenvalue weighted by molar-refractivity contribution is 14.1. The van der Waals surface area contributed by atoms with Crippen molar-refractivity contribution in [2.45, 2.75) is 13.8 Å². The molecule has 2 aromatic rings. The number of anilines is 1. The number of primary amides is 1. The first-order valence-corrected chi connectivity index (χ1v) is 8.21. The number of amides is 1. The summed E-state index contributed by atoms with van der Waals surface area (Å²) in [5, 5.41) is 4.27. The summed E-state index contributed by atoms with van der Waals surface area (Å²) in [7, 11) is 0. The molecule has 24 heavy (non-hydrogen) atoms. The number of aryl methyl sites for hydroxylation is 1. The van der Waals surface area contributed by atoms with Gasteiger partial charge in [0.25, 0.3) is 5.91 Å². The van der Waals surface area contributed by atoms with Crippen LogP contribution in [0.3, 0.4) is 0 Å². The Morgan fingerprint density at radius 2 is 2.21 bits per heavy atom. The lowest BCUT2D eigenvalue weighted by Crippen LogP contribution is -2.20. The molecule has 1 aromatic heterocycles. The molecule has 0 unspecified atom stereocenters. The van der Waals surface area contributed by atoms with Crippen molar-refractivity contribution in [3.8, 4) is 11.5 Å². The first kappa shape index (κ1) is 18.0. The van der Waals surface area contributed by atoms with Gasteiger partial charge in [0.2, 0.25) is 5.95 Å². The molecule has 8 nitrogen and oxygen atoms in total. The van der Waals surface area contributed by atoms with Crippen LogP contribution >= 0.6 is 22.6 Å². The molecular formula is C15H18IN5O3. The van der Waals surface area contributed by atoms with Gasteiger partial charge in [0.15, 0.2) is 18.1 Å². The van der Waals surface area contributed by atoms with Crippen LogP contribution < -0.4 is 20.9 Å². The average molecular weight is 443 g/mol. The number of carbonyl (C=O) groups excluding carboxylic acids is 1. The van der Waals surface area contributed by atoms with Crippen molar-refractivity contribution >= 4 is 40.7 Å². The molecule has 0 aliphatic carbocycles. The first-order chi connectivity index (χ1) is 11.4. The van der Waals surface area contributed by atoms with Crippen molar-refractivity contribution in [2.24, 2.45) is 10.8 Å². The molecule has 0 aliphatic heterocycles. The van der Waals surface area contributed by atoms with E-state index in [1.165, 1.54) is 4.68 Å². The highest BCUT2D eigenvalue weighted by atomic mass is 127. The second-order valence-electron chi connectivity index (χ2n) is 4.85. The zero-order valence-electron chi connectivity index (χ0n) is 13.3. The quantitative estimate of drug-likeness (QED) is 0.497. The molecule has 0 saturated heterocycles. The van der Waals surface area contributed by atoms with E-state index >= 15 is 0 Å². The Hall–Kier alpha value is -2.30. The number of aromatic nitrogens is 2. The summed E-state index contributed by atoms with van der Waals surface area (Å²) < 4.78 is 13.3. The molecule has 0 saturated carbocycles. The lowest BCUT2D eigenvalue weighted by Gasteiger charge is -2.13. The summed E-state index contributed by atoms with van der Waals surface area (Å²) in [6, 6.07) is 3.62. The van der Waals surface area contributed by atoms with E-state index in [2.05, 4.69) is 32.7 Å². The topological polar surface area (TPSA) is 118 Å². The maximum absolute atomic E-state index is 10.9. The summed E-state index contributed by atoms with van der Waals surface area (Å²) in [4.78, 5) is 15.0. The Kier molecular flexibility index (Phi) is 6.01. The van der Waals surface area contributed by atoms with Crippen molar-refractivity contribution in [1.82, 2.24) is 9.66 Å². The predicted octanol–water partition coefficient (Wildman–Crippen LogP) is 1.52. The van der Waals surface area contributed by atoms with E-state index in [1.54, 1.807) is 18.5 Å². The molecule has 0 aliphatic rings. The third-order valence-corrected chi connectivity index (χ3v) is 3.66. The fourth-order valence-electron chi connectivity index (χ4n) is 1.93. The van der Waals surface area contributed by atoms with Crippen molar-refractivity contribution in [2.75, 3.05) is 18.9 Å². The molecule has 9 heteroatoms. The van der Waals surface area contributed by atoms with E-state index in [-0.39, 0.29) is 6.61 Å². The normalized spacial score (nSPS) is 11.0. The molecule has 0 atom stereocenters. The van der Waals surface area contributed by atoms with Crippen LogP contribution in [0.5, 0.6) is 11.5 Å². The van der Waals surface area contributed by atoms with Gasteiger partial charge in [-0.25, -0.2) is 9.66 Å². The lowest BCUT2D eigenvalue weighted by molar-refractivity contribution is -0.119. The Labute approximate surface area is 153 Å². The number of benzene rings is 1. The second-order valence-corrected chi connectivity index (χ2v) is 6.01. The summed E-state index contributed by atoms with van der Waals surface area (Å²) in [6.07, 6.45) is 3.37. The smallest absolute Gasteiger partial charge is 0.255 e. The number of carbonyl (C=O) groups is 1. The van der Waals surface area contributed by atoms with Crippen molar-refractivity contribution in [3.05, 3.63) is 33.2 Å². The summed E-state index contributed by atoms with van der Waals surface area (Å²) in [5.41, 5.74) is 12.5. The van der Waals surface area contributed by atoms with Crippen molar-refractivity contribution in [1.29, 1.82) is 0 Å². The fourth-order valence-corrected chi connectivity index (χ4v) is 2.72. The summed E-state index contributed by atoms with van der Waals surface area (Å²) in [6.45, 7) is 3.94. The Bertz CT molecular complexity index is 773. The second kappa shape index (κ2) is 7.99. The number of hydrogen-bond donors (Lipinski definition) is 2. The summed E-state index contributed by atoms with van der Waals surface area (Å²) in [5.74, 6) is 0.753. The van der Waals surface area contributed by atoms with Gasteiger partial charge in [-0.1, -0.05) is 0 Å². The zero-order valence-corrected chi connectivity index (χ0v) is 15.5. The number of halogens is 1. The van der Waals surface area contributed by atoms with E-state index in [1.807, 2.05) is 19.9 Å². The maximum atomic E-state index is 10.9. The maximum Gasteiger partial charge on any atom is 0.255 e. The van der Waals surface area contributed by atoms with Gasteiger partial charge in [-0.3, -0.25) is 4.79 Å². The number of rotatable bonds is 7. The Morgan fingerprint density at radius 1 is 1.46 bits per heavy atom. The van der Waals surface area contributed by atoms with Crippen LogP contribution in [0.1, 0.15) is 18.2 Å². The van der Waals surface area contributed by atoms with Gasteiger partial charge < -0.3 is 20.9 Å². The first-order valence-electron chi connectivity index (χ1n) is 7.14. The molecule has 0 spiro atoms. The lowest BCUT2D eigenvalue weighted by atomic mass is 10.2. The van der Waals surface area contributed by atoms with Crippen LogP contribution in [0.2, 0.25) is 0 Å². The molecular weight excluding hydrogens is 425 g/mol. The van der Waals surface area contributed by atoms with Crippen LogP contribution in [-0.4, -0.2) is 35.0 Å². The number of imidazole rings is 1. The van der Waals surface area contributed by atoms with E-state index in [4.69, 9.17) is 20.9 Å². The van der Waals surface area contributed by atoms with Crippen molar-refractivity contribution < 1.29 is 14.3 Å². The van der Waals surface area contributed by atoms with Crippen LogP contribution in [-0.2, 0) is 4.79 Å². The minimum atomic E-state index is -0.551. The largest absolute Gasteiger partial charge is 0.490 e. The third-order valence-electron chi connectivity index (χ3n) is 2.86. The Balaban J connectivity index is 2.31. The number of nitrogens with two attached hydrogens (primary N) is 2. The molecule has 4 N–H and O–H groups in total. The zero-order chi connectivity index (χ0) is 17.7. The number of hydrogen-bond acceptors (Lipinski definition) is 6. The minimum Gasteiger partial charge on any atom is -0.490 e. The van der Waals surface area contributed by atoms with Gasteiger partial charge in [0.1, 0.15) is 0 Å². The van der Waals surface area contributed by atoms with Crippen molar-refractivity contribution in [3.63, 3.8) is 0 Å². The highest BCUT2D eigenvalue weighted by Gasteiger charge is 2.13. The average Bonchev–Trinajstić information content (AvgIpc) is 2.82. The van der Waals surface area contributed by atoms with E-state index in [0.29, 0.717) is 24.1 Å². The molecule has 0 bridgehead atoms. The molecule has 0 fully saturated rings. The standard InChI is InChI=1S/C15H18IN5O3/c1-3-23-12-5-10(4-11(16)14(12)24-8-13(17)22)6-19-21-7-9(2)20-15(21)18/h4-7H,3,8H2,1-2H3,(H2,17,22)(H2,18,20). The van der Waals surface area contributed by atoms with E-state index < -0.39 is 5.91 Å². The molecule has 128 valence electrons. The third kappa shape index (κ3) is 4.60. The van der Waals surface area contributed by atoms with E-state index in [9.17, 15) is 4.79 Å². The minimum absolute atomic E-state index is 0.214. The van der Waals surface area contributed by atoms with Gasteiger partial charge in [-0.15, -0.1) is 0 Å². The summed E-state index contributed by atoms with van der Waals surface area (Å²) >= 11 is 2.10. The molecule has 1 amide bonds. The van der Waals surface area contributed by atoms with Crippen LogP contribution in [0.25, 0.3) is 0 Å². The van der Waals surface area contributed by atoms with Gasteiger partial charge in [-0.2, -0.15) is 5.10 Å². The van der Waals surface area contributed by atoms with Gasteiger partial charge >= 0.3 is 0 Å². The van der Waals surface area contributed by atoms with Gasteiger partial charge in [0.05, 0.1) is 28.3 Å². The highest BCUT2D eigenvalue weighted by Crippen LogP contribution is 2.33. The predicted molar refractivity (Wildman–Crippen MR) is 99.4 cm³/mol. The van der Waals surface area contributed by atoms with Gasteiger partial charge in [0, 0.05) is 0 Å². The number of ether oxygens (including phenoxy) is 2. The SMILES string of the molecule is CCOc1cc(C=Nn2cc(C)nc2N)cc(I)c1OCC(N)=O. The van der Waals surface area contributed by atoms with Crippen LogP contribution in [0.15, 0.2) is 23.4 Å². The molecule has 2 rings (SSSR count). The molecule has 0 radical (unpaired) electrons. The van der Waals surface area contributed by atoms with Gasteiger partial charge in [-0.05, 0) is 54.1 Å².